The predicted molar refractivity (Wildman–Crippen MR) is 71.3 cm³/mol. The Balaban J connectivity index is 1.87. The molecule has 0 spiro atoms. The summed E-state index contributed by atoms with van der Waals surface area (Å²) in [5.41, 5.74) is 0. The molecular formula is C14H24N2O2. The summed E-state index contributed by atoms with van der Waals surface area (Å²) in [7, 11) is 1.69. The van der Waals surface area contributed by atoms with E-state index in [0.717, 1.165) is 25.9 Å². The first-order valence-corrected chi connectivity index (χ1v) is 6.97. The van der Waals surface area contributed by atoms with Crippen molar-refractivity contribution in [3.8, 4) is 0 Å². The van der Waals surface area contributed by atoms with Crippen molar-refractivity contribution in [1.82, 2.24) is 10.2 Å². The van der Waals surface area contributed by atoms with Crippen LogP contribution >= 0.6 is 0 Å². The fourth-order valence-electron chi connectivity index (χ4n) is 2.75. The summed E-state index contributed by atoms with van der Waals surface area (Å²) >= 11 is 0. The van der Waals surface area contributed by atoms with E-state index in [0.29, 0.717) is 25.1 Å². The molecule has 0 aromatic rings. The van der Waals surface area contributed by atoms with Gasteiger partial charge in [-0.05, 0) is 32.2 Å². The smallest absolute Gasteiger partial charge is 0.226 e. The van der Waals surface area contributed by atoms with Crippen molar-refractivity contribution < 1.29 is 9.53 Å². The molecule has 1 unspecified atom stereocenters. The van der Waals surface area contributed by atoms with Crippen molar-refractivity contribution >= 4 is 5.91 Å². The Hall–Kier alpha value is -0.870. The van der Waals surface area contributed by atoms with Gasteiger partial charge in [-0.3, -0.25) is 4.79 Å². The zero-order chi connectivity index (χ0) is 12.8. The lowest BCUT2D eigenvalue weighted by Gasteiger charge is -2.28. The van der Waals surface area contributed by atoms with E-state index >= 15 is 0 Å². The molecule has 2 aliphatic rings. The fourth-order valence-corrected chi connectivity index (χ4v) is 2.75. The van der Waals surface area contributed by atoms with Crippen LogP contribution < -0.4 is 5.32 Å². The molecule has 0 bridgehead atoms. The van der Waals surface area contributed by atoms with Gasteiger partial charge in [0.1, 0.15) is 0 Å². The lowest BCUT2D eigenvalue weighted by molar-refractivity contribution is -0.136. The minimum absolute atomic E-state index is 0.170. The maximum absolute atomic E-state index is 12.4. The summed E-state index contributed by atoms with van der Waals surface area (Å²) in [4.78, 5) is 14.4. The average molecular weight is 252 g/mol. The number of nitrogens with zero attached hydrogens (tertiary/aromatic N) is 1. The Kier molecular flexibility index (Phi) is 5.20. The molecule has 1 aliphatic heterocycles. The van der Waals surface area contributed by atoms with E-state index in [1.807, 2.05) is 4.90 Å². The molecule has 1 N–H and O–H groups in total. The molecule has 0 radical (unpaired) electrons. The molecule has 102 valence electrons. The van der Waals surface area contributed by atoms with Crippen molar-refractivity contribution in [2.45, 2.75) is 31.7 Å². The lowest BCUT2D eigenvalue weighted by atomic mass is 10.1. The Bertz CT molecular complexity index is 290. The molecule has 18 heavy (non-hydrogen) atoms. The summed E-state index contributed by atoms with van der Waals surface area (Å²) in [5, 5.41) is 3.46. The van der Waals surface area contributed by atoms with E-state index in [1.165, 1.54) is 12.8 Å². The summed E-state index contributed by atoms with van der Waals surface area (Å²) in [6, 6.07) is 0.472. The normalized spacial score (nSPS) is 23.7. The zero-order valence-electron chi connectivity index (χ0n) is 11.2. The molecule has 0 saturated carbocycles. The van der Waals surface area contributed by atoms with Gasteiger partial charge < -0.3 is 15.0 Å². The Morgan fingerprint density at radius 3 is 2.83 bits per heavy atom. The van der Waals surface area contributed by atoms with E-state index < -0.39 is 0 Å². The van der Waals surface area contributed by atoms with Crippen LogP contribution in [0.2, 0.25) is 0 Å². The van der Waals surface area contributed by atoms with E-state index in [-0.39, 0.29) is 5.92 Å². The first-order chi connectivity index (χ1) is 8.81. The first-order valence-electron chi connectivity index (χ1n) is 6.97. The van der Waals surface area contributed by atoms with Gasteiger partial charge in [-0.2, -0.15) is 0 Å². The van der Waals surface area contributed by atoms with Crippen LogP contribution in [0.15, 0.2) is 12.2 Å². The summed E-state index contributed by atoms with van der Waals surface area (Å²) in [6.45, 7) is 3.25. The van der Waals surface area contributed by atoms with E-state index in [9.17, 15) is 4.79 Å². The zero-order valence-corrected chi connectivity index (χ0v) is 11.2. The maximum Gasteiger partial charge on any atom is 0.226 e. The largest absolute Gasteiger partial charge is 0.383 e. The van der Waals surface area contributed by atoms with Gasteiger partial charge in [-0.1, -0.05) is 12.2 Å². The summed E-state index contributed by atoms with van der Waals surface area (Å²) in [6.07, 6.45) is 8.44. The first kappa shape index (κ1) is 13.6. The third-order valence-electron chi connectivity index (χ3n) is 3.84. The topological polar surface area (TPSA) is 41.6 Å². The maximum atomic E-state index is 12.4. The van der Waals surface area contributed by atoms with Gasteiger partial charge in [-0.15, -0.1) is 0 Å². The van der Waals surface area contributed by atoms with Gasteiger partial charge in [0, 0.05) is 32.2 Å². The molecule has 1 fully saturated rings. The van der Waals surface area contributed by atoms with Gasteiger partial charge in [-0.25, -0.2) is 0 Å². The second-order valence-corrected chi connectivity index (χ2v) is 5.21. The molecule has 1 heterocycles. The highest BCUT2D eigenvalue weighted by molar-refractivity contribution is 5.79. The lowest BCUT2D eigenvalue weighted by Crippen LogP contribution is -2.44. The van der Waals surface area contributed by atoms with Gasteiger partial charge in [0.2, 0.25) is 5.91 Å². The number of allylic oxidation sites excluding steroid dienone is 2. The monoisotopic (exact) mass is 252 g/mol. The van der Waals surface area contributed by atoms with Crippen LogP contribution in [0.4, 0.5) is 0 Å². The number of ether oxygens (including phenoxy) is 1. The highest BCUT2D eigenvalue weighted by Gasteiger charge is 2.27. The minimum atomic E-state index is 0.170. The second-order valence-electron chi connectivity index (χ2n) is 5.21. The van der Waals surface area contributed by atoms with Gasteiger partial charge >= 0.3 is 0 Å². The van der Waals surface area contributed by atoms with Crippen molar-refractivity contribution in [1.29, 1.82) is 0 Å². The molecule has 0 aromatic carbocycles. The molecular weight excluding hydrogens is 228 g/mol. The SMILES string of the molecule is COCCN(CC1CCCN1)C(=O)C1CC=CC1. The van der Waals surface area contributed by atoms with Crippen LogP contribution in [0.3, 0.4) is 0 Å². The molecule has 1 saturated heterocycles. The molecule has 0 aromatic heterocycles. The van der Waals surface area contributed by atoms with E-state index in [1.54, 1.807) is 7.11 Å². The van der Waals surface area contributed by atoms with Crippen LogP contribution in [0, 0.1) is 5.92 Å². The Morgan fingerprint density at radius 1 is 1.44 bits per heavy atom. The van der Waals surface area contributed by atoms with E-state index in [4.69, 9.17) is 4.74 Å². The number of hydrogen-bond acceptors (Lipinski definition) is 3. The fraction of sp³-hybridized carbons (Fsp3) is 0.786. The number of methoxy groups -OCH3 is 1. The number of hydrogen-bond donors (Lipinski definition) is 1. The van der Waals surface area contributed by atoms with Crippen molar-refractivity contribution in [2.75, 3.05) is 33.4 Å². The minimum Gasteiger partial charge on any atom is -0.383 e. The van der Waals surface area contributed by atoms with E-state index in [2.05, 4.69) is 17.5 Å². The third-order valence-corrected chi connectivity index (χ3v) is 3.84. The molecule has 1 aliphatic carbocycles. The number of carbonyl (C=O) groups is 1. The standard InChI is InChI=1S/C14H24N2O2/c1-18-10-9-16(11-13-7-4-8-15-13)14(17)12-5-2-3-6-12/h2-3,12-13,15H,4-11H2,1H3. The van der Waals surface area contributed by atoms with Crippen LogP contribution in [-0.2, 0) is 9.53 Å². The van der Waals surface area contributed by atoms with Crippen LogP contribution in [0.1, 0.15) is 25.7 Å². The van der Waals surface area contributed by atoms with Gasteiger partial charge in [0.05, 0.1) is 6.61 Å². The number of amides is 1. The van der Waals surface area contributed by atoms with Crippen LogP contribution in [0.25, 0.3) is 0 Å². The Labute approximate surface area is 109 Å². The molecule has 1 atom stereocenters. The van der Waals surface area contributed by atoms with Gasteiger partial charge in [0.15, 0.2) is 0 Å². The van der Waals surface area contributed by atoms with Crippen molar-refractivity contribution in [2.24, 2.45) is 5.92 Å². The third kappa shape index (κ3) is 3.56. The highest BCUT2D eigenvalue weighted by atomic mass is 16.5. The number of rotatable bonds is 6. The van der Waals surface area contributed by atoms with Crippen molar-refractivity contribution in [3.05, 3.63) is 12.2 Å². The molecule has 2 rings (SSSR count). The average Bonchev–Trinajstić information content (AvgIpc) is 3.06. The molecule has 4 nitrogen and oxygen atoms in total. The predicted octanol–water partition coefficient (Wildman–Crippen LogP) is 1.18. The highest BCUT2D eigenvalue weighted by Crippen LogP contribution is 2.21. The molecule has 4 heteroatoms. The van der Waals surface area contributed by atoms with Crippen molar-refractivity contribution in [3.63, 3.8) is 0 Å². The quantitative estimate of drug-likeness (QED) is 0.722. The molecule has 1 amide bonds. The number of nitrogens with one attached hydrogen (secondary N) is 1. The summed E-state index contributed by atoms with van der Waals surface area (Å²) < 4.78 is 5.12. The van der Waals surface area contributed by atoms with Crippen LogP contribution in [0.5, 0.6) is 0 Å². The number of carbonyl (C=O) groups excluding carboxylic acids is 1. The summed E-state index contributed by atoms with van der Waals surface area (Å²) in [5.74, 6) is 0.467. The second kappa shape index (κ2) is 6.90. The van der Waals surface area contributed by atoms with Gasteiger partial charge in [0.25, 0.3) is 0 Å². The Morgan fingerprint density at radius 2 is 2.22 bits per heavy atom. The van der Waals surface area contributed by atoms with Crippen LogP contribution in [-0.4, -0.2) is 50.2 Å².